The largest absolute Gasteiger partial charge is 0.275 e. The van der Waals surface area contributed by atoms with E-state index in [9.17, 15) is 0 Å². The zero-order valence-corrected chi connectivity index (χ0v) is 14.5. The maximum absolute atomic E-state index is 4.64. The molecule has 0 atom stereocenters. The van der Waals surface area contributed by atoms with Crippen LogP contribution in [0.15, 0.2) is 45.9 Å². The minimum Gasteiger partial charge on any atom is -0.275 e. The van der Waals surface area contributed by atoms with Crippen LogP contribution in [0, 0.1) is 0 Å². The Labute approximate surface area is 136 Å². The van der Waals surface area contributed by atoms with Crippen LogP contribution in [0.25, 0.3) is 22.3 Å². The molecule has 0 aliphatic carbocycles. The molecule has 108 valence electrons. The van der Waals surface area contributed by atoms with E-state index in [1.807, 2.05) is 12.1 Å². The first-order chi connectivity index (χ1) is 9.92. The summed E-state index contributed by atoms with van der Waals surface area (Å²) in [7, 11) is 0. The van der Waals surface area contributed by atoms with Gasteiger partial charge in [0.05, 0.1) is 10.7 Å². The lowest BCUT2D eigenvalue weighted by Crippen LogP contribution is -2.07. The summed E-state index contributed by atoms with van der Waals surface area (Å²) in [5.41, 5.74) is 2.89. The van der Waals surface area contributed by atoms with Gasteiger partial charge in [-0.25, -0.2) is 4.98 Å². The first-order valence-electron chi connectivity index (χ1n) is 6.72. The molecule has 0 saturated carbocycles. The number of nitrogens with one attached hydrogen (secondary N) is 1. The number of pyridine rings is 1. The van der Waals surface area contributed by atoms with Gasteiger partial charge in [-0.1, -0.05) is 48.8 Å². The van der Waals surface area contributed by atoms with E-state index >= 15 is 0 Å². The fourth-order valence-corrected chi connectivity index (χ4v) is 3.25. The molecular formula is C16H16BrN3S. The zero-order valence-electron chi connectivity index (χ0n) is 12.1. The van der Waals surface area contributed by atoms with E-state index in [0.29, 0.717) is 0 Å². The van der Waals surface area contributed by atoms with Crippen molar-refractivity contribution in [3.05, 3.63) is 40.9 Å². The highest BCUT2D eigenvalue weighted by Crippen LogP contribution is 2.33. The number of aromatic nitrogens is 3. The standard InChI is InChI=1S/C16H16BrN3S/c1-16(2,3)21-13-9-8-12-14(19-20-15(12)18-13)10-4-6-11(17)7-5-10/h4-9H,1-3H3,(H,18,19,20). The zero-order chi connectivity index (χ0) is 15.0. The maximum Gasteiger partial charge on any atom is 0.182 e. The highest BCUT2D eigenvalue weighted by atomic mass is 79.9. The normalized spacial score (nSPS) is 12.0. The Morgan fingerprint density at radius 3 is 2.43 bits per heavy atom. The van der Waals surface area contributed by atoms with Crippen LogP contribution in [0.1, 0.15) is 20.8 Å². The van der Waals surface area contributed by atoms with Crippen molar-refractivity contribution in [1.29, 1.82) is 0 Å². The second kappa shape index (κ2) is 5.46. The van der Waals surface area contributed by atoms with E-state index in [2.05, 4.69) is 76.1 Å². The summed E-state index contributed by atoms with van der Waals surface area (Å²) in [6.45, 7) is 6.55. The number of fused-ring (bicyclic) bond motifs is 1. The molecule has 5 heteroatoms. The SMILES string of the molecule is CC(C)(C)Sc1ccc2c(-c3ccc(Br)cc3)[nH]nc2n1. The monoisotopic (exact) mass is 361 g/mol. The van der Waals surface area contributed by atoms with E-state index in [1.54, 1.807) is 11.8 Å². The number of benzene rings is 1. The van der Waals surface area contributed by atoms with Crippen molar-refractivity contribution in [3.63, 3.8) is 0 Å². The number of H-pyrrole nitrogens is 1. The number of nitrogens with zero attached hydrogens (tertiary/aromatic N) is 2. The molecule has 0 unspecified atom stereocenters. The average Bonchev–Trinajstić information content (AvgIpc) is 2.81. The summed E-state index contributed by atoms with van der Waals surface area (Å²) >= 11 is 5.21. The van der Waals surface area contributed by atoms with Gasteiger partial charge in [0.2, 0.25) is 0 Å². The summed E-state index contributed by atoms with van der Waals surface area (Å²) in [6, 6.07) is 12.3. The van der Waals surface area contributed by atoms with Gasteiger partial charge in [-0.3, -0.25) is 5.10 Å². The van der Waals surface area contributed by atoms with Crippen molar-refractivity contribution in [3.8, 4) is 11.3 Å². The Bertz CT molecular complexity index is 772. The molecule has 0 saturated heterocycles. The second-order valence-corrected chi connectivity index (χ2v) is 8.60. The van der Waals surface area contributed by atoms with E-state index in [0.717, 1.165) is 31.8 Å². The first kappa shape index (κ1) is 14.6. The van der Waals surface area contributed by atoms with Gasteiger partial charge in [-0.15, -0.1) is 11.8 Å². The quantitative estimate of drug-likeness (QED) is 0.631. The fraction of sp³-hybridized carbons (Fsp3) is 0.250. The maximum atomic E-state index is 4.64. The van der Waals surface area contributed by atoms with Crippen LogP contribution < -0.4 is 0 Å². The lowest BCUT2D eigenvalue weighted by atomic mass is 10.1. The van der Waals surface area contributed by atoms with Crippen LogP contribution in [0.2, 0.25) is 0 Å². The number of thioether (sulfide) groups is 1. The number of halogens is 1. The van der Waals surface area contributed by atoms with E-state index in [-0.39, 0.29) is 4.75 Å². The van der Waals surface area contributed by atoms with Crippen molar-refractivity contribution in [2.24, 2.45) is 0 Å². The summed E-state index contributed by atoms with van der Waals surface area (Å²) in [5.74, 6) is 0. The van der Waals surface area contributed by atoms with Gasteiger partial charge in [0.25, 0.3) is 0 Å². The molecule has 1 N–H and O–H groups in total. The van der Waals surface area contributed by atoms with Gasteiger partial charge >= 0.3 is 0 Å². The van der Waals surface area contributed by atoms with Crippen molar-refractivity contribution < 1.29 is 0 Å². The number of hydrogen-bond donors (Lipinski definition) is 1. The Morgan fingerprint density at radius 2 is 1.76 bits per heavy atom. The molecular weight excluding hydrogens is 346 g/mol. The van der Waals surface area contributed by atoms with E-state index in [1.165, 1.54) is 0 Å². The van der Waals surface area contributed by atoms with Crippen LogP contribution >= 0.6 is 27.7 Å². The van der Waals surface area contributed by atoms with Gasteiger partial charge in [0, 0.05) is 20.2 Å². The second-order valence-electron chi connectivity index (χ2n) is 5.84. The first-order valence-corrected chi connectivity index (χ1v) is 8.33. The van der Waals surface area contributed by atoms with E-state index in [4.69, 9.17) is 0 Å². The molecule has 1 aromatic carbocycles. The molecule has 0 amide bonds. The third-order valence-corrected chi connectivity index (χ3v) is 4.51. The fourth-order valence-electron chi connectivity index (χ4n) is 2.09. The third-order valence-electron chi connectivity index (χ3n) is 2.94. The van der Waals surface area contributed by atoms with Gasteiger partial charge in [0.1, 0.15) is 0 Å². The van der Waals surface area contributed by atoms with Crippen LogP contribution in [-0.2, 0) is 0 Å². The molecule has 2 heterocycles. The topological polar surface area (TPSA) is 41.6 Å². The molecule has 0 radical (unpaired) electrons. The van der Waals surface area contributed by atoms with Gasteiger partial charge in [0.15, 0.2) is 5.65 Å². The molecule has 3 nitrogen and oxygen atoms in total. The van der Waals surface area contributed by atoms with Gasteiger partial charge in [-0.05, 0) is 24.3 Å². The predicted molar refractivity (Wildman–Crippen MR) is 92.6 cm³/mol. The average molecular weight is 362 g/mol. The Balaban J connectivity index is 2.01. The Kier molecular flexibility index (Phi) is 3.80. The molecule has 3 rings (SSSR count). The summed E-state index contributed by atoms with van der Waals surface area (Å²) < 4.78 is 1.21. The predicted octanol–water partition coefficient (Wildman–Crippen LogP) is 5.28. The van der Waals surface area contributed by atoms with Gasteiger partial charge in [-0.2, -0.15) is 5.10 Å². The van der Waals surface area contributed by atoms with Crippen LogP contribution in [0.5, 0.6) is 0 Å². The lowest BCUT2D eigenvalue weighted by molar-refractivity contribution is 0.800. The van der Waals surface area contributed by atoms with Crippen molar-refractivity contribution >= 4 is 38.7 Å². The molecule has 0 bridgehead atoms. The van der Waals surface area contributed by atoms with Crippen molar-refractivity contribution in [2.45, 2.75) is 30.5 Å². The van der Waals surface area contributed by atoms with Crippen LogP contribution in [-0.4, -0.2) is 19.9 Å². The smallest absolute Gasteiger partial charge is 0.182 e. The molecule has 0 fully saturated rings. The lowest BCUT2D eigenvalue weighted by Gasteiger charge is -2.16. The molecule has 21 heavy (non-hydrogen) atoms. The minimum absolute atomic E-state index is 0.144. The highest BCUT2D eigenvalue weighted by molar-refractivity contribution is 9.10. The van der Waals surface area contributed by atoms with Crippen molar-refractivity contribution in [2.75, 3.05) is 0 Å². The van der Waals surface area contributed by atoms with Crippen LogP contribution in [0.4, 0.5) is 0 Å². The van der Waals surface area contributed by atoms with Crippen LogP contribution in [0.3, 0.4) is 0 Å². The Morgan fingerprint density at radius 1 is 1.05 bits per heavy atom. The van der Waals surface area contributed by atoms with Gasteiger partial charge < -0.3 is 0 Å². The molecule has 2 aromatic heterocycles. The third kappa shape index (κ3) is 3.30. The molecule has 0 spiro atoms. The summed E-state index contributed by atoms with van der Waals surface area (Å²) in [4.78, 5) is 4.64. The highest BCUT2D eigenvalue weighted by Gasteiger charge is 2.15. The Hall–Kier alpha value is -1.33. The minimum atomic E-state index is 0.144. The number of aromatic amines is 1. The van der Waals surface area contributed by atoms with Crippen molar-refractivity contribution in [1.82, 2.24) is 15.2 Å². The van der Waals surface area contributed by atoms with E-state index < -0.39 is 0 Å². The number of rotatable bonds is 2. The molecule has 3 aromatic rings. The summed E-state index contributed by atoms with van der Waals surface area (Å²) in [5, 5.41) is 9.50. The molecule has 0 aliphatic heterocycles. The molecule has 0 aliphatic rings. The number of hydrogen-bond acceptors (Lipinski definition) is 3. The summed E-state index contributed by atoms with van der Waals surface area (Å²) in [6.07, 6.45) is 0.